The van der Waals surface area contributed by atoms with Gasteiger partial charge in [0.25, 0.3) is 0 Å². The van der Waals surface area contributed by atoms with E-state index in [1.807, 2.05) is 0 Å². The van der Waals surface area contributed by atoms with Crippen LogP contribution in [0.25, 0.3) is 33.4 Å². The molecule has 0 aliphatic carbocycles. The molecule has 5 aromatic carbocycles. The van der Waals surface area contributed by atoms with Crippen LogP contribution in [-0.2, 0) is 48.6 Å². The summed E-state index contributed by atoms with van der Waals surface area (Å²) in [6, 6.07) is 9.73. The van der Waals surface area contributed by atoms with Gasteiger partial charge >= 0.3 is 24.7 Å². The van der Waals surface area contributed by atoms with Crippen molar-refractivity contribution in [2.24, 2.45) is 0 Å². The molecule has 0 fully saturated rings. The number of fused-ring (bicyclic) bond motifs is 3. The Labute approximate surface area is 384 Å². The van der Waals surface area contributed by atoms with Crippen LogP contribution in [-0.4, -0.2) is 25.8 Å². The van der Waals surface area contributed by atoms with E-state index in [0.29, 0.717) is 41.0 Å². The van der Waals surface area contributed by atoms with E-state index in [1.54, 1.807) is 79.8 Å². The third kappa shape index (κ3) is 9.72. The molecule has 0 radical (unpaired) electrons. The third-order valence-electron chi connectivity index (χ3n) is 12.2. The topological polar surface area (TPSA) is 18.5 Å². The fraction of sp³-hybridized carbons (Fsp3) is 0.388. The van der Waals surface area contributed by atoms with Gasteiger partial charge in [-0.05, 0) is 101 Å². The molecule has 0 amide bonds. The first-order valence-electron chi connectivity index (χ1n) is 20.4. The standard InChI is InChI=1S/C49H46Cl2F12NO2/c1-24(32-12-11-31(50)19-39(32)51)64(8)22-35-33(20-37(44(2,3)4)42(65-9)40(35)25-13-27(46(52,53)54)17-28(14-25)47(55,56)57)34-21-38(45(5,6)7)43(66-10)41(36(34)23-64)26-15-29(48(58,59)60)18-30(16-26)49(61,62)63/h11-21,24H,22-23H2,1-10H3/q+1/t24-/m0/s1. The van der Waals surface area contributed by atoms with Crippen molar-refractivity contribution >= 4 is 23.2 Å². The summed E-state index contributed by atoms with van der Waals surface area (Å²) in [5, 5.41) is 0.449. The first kappa shape index (κ1) is 50.8. The minimum atomic E-state index is -5.24. The van der Waals surface area contributed by atoms with Crippen molar-refractivity contribution in [3.8, 4) is 44.9 Å². The van der Waals surface area contributed by atoms with E-state index in [-0.39, 0.29) is 84.6 Å². The van der Waals surface area contributed by atoms with Crippen LogP contribution in [0, 0.1) is 0 Å². The molecular weight excluding hydrogens is 933 g/mol. The predicted molar refractivity (Wildman–Crippen MR) is 232 cm³/mol. The second-order valence-electron chi connectivity index (χ2n) is 18.9. The maximum Gasteiger partial charge on any atom is 0.416 e. The van der Waals surface area contributed by atoms with E-state index in [4.69, 9.17) is 32.7 Å². The summed E-state index contributed by atoms with van der Waals surface area (Å²) in [5.41, 5.74) is -7.53. The van der Waals surface area contributed by atoms with Crippen LogP contribution in [0.1, 0.15) is 105 Å². The Morgan fingerprint density at radius 1 is 0.515 bits per heavy atom. The van der Waals surface area contributed by atoms with Crippen molar-refractivity contribution in [3.63, 3.8) is 0 Å². The van der Waals surface area contributed by atoms with Crippen LogP contribution in [0.3, 0.4) is 0 Å². The molecule has 356 valence electrons. The first-order chi connectivity index (χ1) is 30.0. The maximum absolute atomic E-state index is 14.6. The van der Waals surface area contributed by atoms with Gasteiger partial charge in [-0.2, -0.15) is 52.7 Å². The highest BCUT2D eigenvalue weighted by molar-refractivity contribution is 6.35. The fourth-order valence-electron chi connectivity index (χ4n) is 8.79. The van der Waals surface area contributed by atoms with Crippen LogP contribution in [0.2, 0.25) is 10.0 Å². The lowest BCUT2D eigenvalue weighted by atomic mass is 9.76. The molecule has 0 spiro atoms. The van der Waals surface area contributed by atoms with Crippen molar-refractivity contribution in [2.45, 2.75) is 103 Å². The number of alkyl halides is 12. The molecule has 0 saturated heterocycles. The average Bonchev–Trinajstić information content (AvgIpc) is 3.30. The first-order valence-corrected chi connectivity index (χ1v) is 21.1. The summed E-state index contributed by atoms with van der Waals surface area (Å²) in [5.74, 6) is -0.0864. The normalized spacial score (nSPS) is 15.2. The van der Waals surface area contributed by atoms with Gasteiger partial charge in [-0.1, -0.05) is 70.8 Å². The molecular formula is C49H46Cl2F12NO2+. The molecule has 0 N–H and O–H groups in total. The second-order valence-corrected chi connectivity index (χ2v) is 19.8. The quantitative estimate of drug-likeness (QED) is 0.125. The number of halogens is 14. The molecule has 1 aliphatic heterocycles. The molecule has 17 heteroatoms. The highest BCUT2D eigenvalue weighted by Crippen LogP contribution is 2.56. The van der Waals surface area contributed by atoms with E-state index < -0.39 is 75.0 Å². The minimum absolute atomic E-state index is 0.0147. The van der Waals surface area contributed by atoms with Gasteiger partial charge in [0.15, 0.2) is 0 Å². The molecule has 0 saturated carbocycles. The summed E-state index contributed by atoms with van der Waals surface area (Å²) in [7, 11) is 4.18. The van der Waals surface area contributed by atoms with Crippen molar-refractivity contribution in [1.29, 1.82) is 0 Å². The molecule has 0 bridgehead atoms. The van der Waals surface area contributed by atoms with Crippen LogP contribution in [0.15, 0.2) is 66.7 Å². The molecule has 1 heterocycles. The average molecular weight is 980 g/mol. The monoisotopic (exact) mass is 978 g/mol. The van der Waals surface area contributed by atoms with Crippen LogP contribution in [0.4, 0.5) is 52.7 Å². The van der Waals surface area contributed by atoms with Crippen molar-refractivity contribution < 1.29 is 66.6 Å². The summed E-state index contributed by atoms with van der Waals surface area (Å²) < 4.78 is 188. The van der Waals surface area contributed by atoms with Gasteiger partial charge in [0.05, 0.1) is 48.5 Å². The lowest BCUT2D eigenvalue weighted by Crippen LogP contribution is -2.44. The largest absolute Gasteiger partial charge is 0.496 e. The van der Waals surface area contributed by atoms with Gasteiger partial charge in [-0.3, -0.25) is 0 Å². The Morgan fingerprint density at radius 3 is 1.12 bits per heavy atom. The van der Waals surface area contributed by atoms with Gasteiger partial charge < -0.3 is 14.0 Å². The van der Waals surface area contributed by atoms with Crippen molar-refractivity contribution in [2.75, 3.05) is 21.3 Å². The second kappa shape index (κ2) is 16.9. The predicted octanol–water partition coefficient (Wildman–Crippen LogP) is 16.9. The summed E-state index contributed by atoms with van der Waals surface area (Å²) in [6.45, 7) is 11.8. The van der Waals surface area contributed by atoms with Gasteiger partial charge in [0.2, 0.25) is 0 Å². The molecule has 3 nitrogen and oxygen atoms in total. The number of hydrogen-bond acceptors (Lipinski definition) is 2. The maximum atomic E-state index is 14.6. The van der Waals surface area contributed by atoms with E-state index >= 15 is 0 Å². The van der Waals surface area contributed by atoms with Crippen LogP contribution in [0.5, 0.6) is 11.5 Å². The number of quaternary nitrogens is 1. The molecule has 6 rings (SSSR count). The van der Waals surface area contributed by atoms with Crippen LogP contribution < -0.4 is 9.47 Å². The van der Waals surface area contributed by atoms with E-state index in [0.717, 1.165) is 0 Å². The SMILES string of the molecule is COc1c(C(C)(C)C)cc2c(c1-c1cc(C(F)(F)F)cc(C(F)(F)F)c1)C[N+](C)([C@@H](C)c1ccc(Cl)cc1Cl)Cc1c-2cc(C(C)(C)C)c(OC)c1-c1cc(C(F)(F)F)cc(C(F)(F)F)c1. The number of methoxy groups -OCH3 is 2. The van der Waals surface area contributed by atoms with Gasteiger partial charge in [0, 0.05) is 44.0 Å². The Bertz CT molecular complexity index is 2490. The van der Waals surface area contributed by atoms with Crippen molar-refractivity contribution in [1.82, 2.24) is 0 Å². The van der Waals surface area contributed by atoms with Crippen LogP contribution >= 0.6 is 23.2 Å². The molecule has 5 aromatic rings. The smallest absolute Gasteiger partial charge is 0.416 e. The zero-order chi connectivity index (χ0) is 49.7. The lowest BCUT2D eigenvalue weighted by Gasteiger charge is -2.41. The molecule has 66 heavy (non-hydrogen) atoms. The van der Waals surface area contributed by atoms with Gasteiger partial charge in [-0.15, -0.1) is 0 Å². The van der Waals surface area contributed by atoms with E-state index in [2.05, 4.69) is 0 Å². The number of ether oxygens (including phenoxy) is 2. The summed E-state index contributed by atoms with van der Waals surface area (Å²) >= 11 is 13.1. The summed E-state index contributed by atoms with van der Waals surface area (Å²) in [4.78, 5) is 0. The number of rotatable bonds is 6. The molecule has 0 unspecified atom stereocenters. The molecule has 1 aliphatic rings. The highest BCUT2D eigenvalue weighted by atomic mass is 35.5. The third-order valence-corrected chi connectivity index (χ3v) is 12.8. The highest BCUT2D eigenvalue weighted by Gasteiger charge is 2.45. The lowest BCUT2D eigenvalue weighted by molar-refractivity contribution is -0.962. The Kier molecular flexibility index (Phi) is 13.0. The Morgan fingerprint density at radius 2 is 0.848 bits per heavy atom. The Hall–Kier alpha value is -4.60. The number of benzene rings is 5. The number of hydrogen-bond donors (Lipinski definition) is 0. The van der Waals surface area contributed by atoms with Gasteiger partial charge in [-0.25, -0.2) is 0 Å². The molecule has 0 aromatic heterocycles. The fourth-order valence-corrected chi connectivity index (χ4v) is 9.36. The van der Waals surface area contributed by atoms with Gasteiger partial charge in [0.1, 0.15) is 30.6 Å². The Balaban J connectivity index is 1.95. The minimum Gasteiger partial charge on any atom is -0.496 e. The zero-order valence-electron chi connectivity index (χ0n) is 37.4. The summed E-state index contributed by atoms with van der Waals surface area (Å²) in [6.07, 6.45) is -21.0. The van der Waals surface area contributed by atoms with Crippen molar-refractivity contribution in [3.05, 3.63) is 127 Å². The molecule has 1 atom stereocenters. The number of nitrogens with zero attached hydrogens (tertiary/aromatic N) is 1. The zero-order valence-corrected chi connectivity index (χ0v) is 38.9. The van der Waals surface area contributed by atoms with E-state index in [9.17, 15) is 52.7 Å². The van der Waals surface area contributed by atoms with E-state index in [1.165, 1.54) is 20.3 Å².